The SMILES string of the molecule is NCc1ccoc1COCCN1CCCC1. The van der Waals surface area contributed by atoms with Crippen LogP contribution in [0.2, 0.25) is 0 Å². The first-order chi connectivity index (χ1) is 7.90. The highest BCUT2D eigenvalue weighted by Gasteiger charge is 2.11. The second-order valence-electron chi connectivity index (χ2n) is 4.17. The molecule has 16 heavy (non-hydrogen) atoms. The van der Waals surface area contributed by atoms with Crippen molar-refractivity contribution in [3.8, 4) is 0 Å². The molecule has 2 N–H and O–H groups in total. The van der Waals surface area contributed by atoms with Crippen molar-refractivity contribution in [3.63, 3.8) is 0 Å². The standard InChI is InChI=1S/C12H20N2O2/c13-9-11-3-7-16-12(11)10-15-8-6-14-4-1-2-5-14/h3,7H,1-2,4-6,8-10,13H2. The van der Waals surface area contributed by atoms with Gasteiger partial charge < -0.3 is 19.8 Å². The van der Waals surface area contributed by atoms with Crippen molar-refractivity contribution in [2.24, 2.45) is 5.73 Å². The Morgan fingerprint density at radius 2 is 2.19 bits per heavy atom. The predicted molar refractivity (Wildman–Crippen MR) is 61.9 cm³/mol. The zero-order valence-electron chi connectivity index (χ0n) is 9.65. The number of rotatable bonds is 6. The molecular formula is C12H20N2O2. The van der Waals surface area contributed by atoms with E-state index in [2.05, 4.69) is 4.90 Å². The van der Waals surface area contributed by atoms with Crippen molar-refractivity contribution in [3.05, 3.63) is 23.7 Å². The highest BCUT2D eigenvalue weighted by molar-refractivity contribution is 5.15. The Morgan fingerprint density at radius 3 is 2.94 bits per heavy atom. The Balaban J connectivity index is 1.64. The highest BCUT2D eigenvalue weighted by atomic mass is 16.5. The molecule has 1 aliphatic rings. The summed E-state index contributed by atoms with van der Waals surface area (Å²) >= 11 is 0. The molecule has 0 saturated carbocycles. The fraction of sp³-hybridized carbons (Fsp3) is 0.667. The lowest BCUT2D eigenvalue weighted by molar-refractivity contribution is 0.0869. The lowest BCUT2D eigenvalue weighted by Gasteiger charge is -2.13. The maximum absolute atomic E-state index is 5.59. The number of ether oxygens (including phenoxy) is 1. The second kappa shape index (κ2) is 6.03. The summed E-state index contributed by atoms with van der Waals surface area (Å²) in [5, 5.41) is 0. The average Bonchev–Trinajstić information content (AvgIpc) is 2.95. The van der Waals surface area contributed by atoms with Gasteiger partial charge in [0.25, 0.3) is 0 Å². The third-order valence-electron chi connectivity index (χ3n) is 3.04. The maximum atomic E-state index is 5.59. The molecule has 2 rings (SSSR count). The number of hydrogen-bond acceptors (Lipinski definition) is 4. The quantitative estimate of drug-likeness (QED) is 0.741. The normalized spacial score (nSPS) is 17.1. The molecule has 2 heterocycles. The molecule has 1 aromatic heterocycles. The van der Waals surface area contributed by atoms with E-state index >= 15 is 0 Å². The minimum Gasteiger partial charge on any atom is -0.467 e. The molecule has 0 bridgehead atoms. The van der Waals surface area contributed by atoms with Crippen molar-refractivity contribution >= 4 is 0 Å². The molecule has 0 aromatic carbocycles. The van der Waals surface area contributed by atoms with Crippen LogP contribution in [0.1, 0.15) is 24.2 Å². The van der Waals surface area contributed by atoms with E-state index in [0.29, 0.717) is 13.2 Å². The lowest BCUT2D eigenvalue weighted by Crippen LogP contribution is -2.23. The van der Waals surface area contributed by atoms with Crippen molar-refractivity contribution in [1.29, 1.82) is 0 Å². The van der Waals surface area contributed by atoms with Crippen LogP contribution in [0.25, 0.3) is 0 Å². The van der Waals surface area contributed by atoms with Gasteiger partial charge in [0.2, 0.25) is 0 Å². The smallest absolute Gasteiger partial charge is 0.133 e. The van der Waals surface area contributed by atoms with Crippen LogP contribution in [0.3, 0.4) is 0 Å². The molecule has 0 amide bonds. The Morgan fingerprint density at radius 1 is 1.38 bits per heavy atom. The summed E-state index contributed by atoms with van der Waals surface area (Å²) in [6.07, 6.45) is 4.33. The molecular weight excluding hydrogens is 204 g/mol. The molecule has 0 radical (unpaired) electrons. The molecule has 4 heteroatoms. The minimum absolute atomic E-state index is 0.515. The van der Waals surface area contributed by atoms with E-state index in [1.54, 1.807) is 6.26 Å². The van der Waals surface area contributed by atoms with E-state index in [1.165, 1.54) is 25.9 Å². The highest BCUT2D eigenvalue weighted by Crippen LogP contribution is 2.11. The summed E-state index contributed by atoms with van der Waals surface area (Å²) in [6, 6.07) is 1.90. The van der Waals surface area contributed by atoms with Crippen LogP contribution in [0.15, 0.2) is 16.7 Å². The first kappa shape index (κ1) is 11.6. The van der Waals surface area contributed by atoms with Gasteiger partial charge in [-0.05, 0) is 32.0 Å². The van der Waals surface area contributed by atoms with Crippen LogP contribution in [0.4, 0.5) is 0 Å². The third-order valence-corrected chi connectivity index (χ3v) is 3.04. The van der Waals surface area contributed by atoms with E-state index in [-0.39, 0.29) is 0 Å². The number of nitrogens with two attached hydrogens (primary N) is 1. The molecule has 0 atom stereocenters. The summed E-state index contributed by atoms with van der Waals surface area (Å²) in [5.74, 6) is 0.865. The van der Waals surface area contributed by atoms with Gasteiger partial charge in [-0.1, -0.05) is 0 Å². The second-order valence-corrected chi connectivity index (χ2v) is 4.17. The van der Waals surface area contributed by atoms with Gasteiger partial charge in [-0.2, -0.15) is 0 Å². The van der Waals surface area contributed by atoms with Gasteiger partial charge in [0.05, 0.1) is 12.9 Å². The van der Waals surface area contributed by atoms with Gasteiger partial charge in [-0.15, -0.1) is 0 Å². The fourth-order valence-corrected chi connectivity index (χ4v) is 2.04. The number of nitrogens with zero attached hydrogens (tertiary/aromatic N) is 1. The van der Waals surface area contributed by atoms with Gasteiger partial charge in [0.15, 0.2) is 0 Å². The zero-order chi connectivity index (χ0) is 11.2. The van der Waals surface area contributed by atoms with Crippen LogP contribution >= 0.6 is 0 Å². The molecule has 0 spiro atoms. The number of furan rings is 1. The van der Waals surface area contributed by atoms with E-state index in [9.17, 15) is 0 Å². The largest absolute Gasteiger partial charge is 0.467 e. The minimum atomic E-state index is 0.515. The summed E-state index contributed by atoms with van der Waals surface area (Å²) in [7, 11) is 0. The van der Waals surface area contributed by atoms with Gasteiger partial charge in [0, 0.05) is 18.7 Å². The van der Waals surface area contributed by atoms with Gasteiger partial charge in [0.1, 0.15) is 12.4 Å². The molecule has 1 aromatic rings. The molecule has 90 valence electrons. The van der Waals surface area contributed by atoms with Crippen molar-refractivity contribution < 1.29 is 9.15 Å². The molecule has 1 fully saturated rings. The summed E-state index contributed by atoms with van der Waals surface area (Å²) in [4.78, 5) is 2.44. The Bertz CT molecular complexity index is 306. The van der Waals surface area contributed by atoms with Crippen LogP contribution in [0, 0.1) is 0 Å². The Hall–Kier alpha value is -0.840. The van der Waals surface area contributed by atoms with E-state index in [0.717, 1.165) is 24.5 Å². The van der Waals surface area contributed by atoms with Crippen molar-refractivity contribution in [2.45, 2.75) is 26.0 Å². The van der Waals surface area contributed by atoms with E-state index in [1.807, 2.05) is 6.07 Å². The molecule has 1 aliphatic heterocycles. The predicted octanol–water partition coefficient (Wildman–Crippen LogP) is 1.35. The third kappa shape index (κ3) is 3.07. The molecule has 0 unspecified atom stereocenters. The van der Waals surface area contributed by atoms with Crippen LogP contribution in [-0.2, 0) is 17.9 Å². The topological polar surface area (TPSA) is 51.6 Å². The molecule has 4 nitrogen and oxygen atoms in total. The van der Waals surface area contributed by atoms with Crippen molar-refractivity contribution in [1.82, 2.24) is 4.90 Å². The molecule has 0 aliphatic carbocycles. The summed E-state index contributed by atoms with van der Waals surface area (Å²) < 4.78 is 10.9. The number of hydrogen-bond donors (Lipinski definition) is 1. The molecule has 1 saturated heterocycles. The van der Waals surface area contributed by atoms with Gasteiger partial charge in [-0.25, -0.2) is 0 Å². The first-order valence-corrected chi connectivity index (χ1v) is 5.95. The Labute approximate surface area is 96.4 Å². The fourth-order valence-electron chi connectivity index (χ4n) is 2.04. The van der Waals surface area contributed by atoms with Gasteiger partial charge in [-0.3, -0.25) is 0 Å². The number of likely N-dealkylation sites (tertiary alicyclic amines) is 1. The zero-order valence-corrected chi connectivity index (χ0v) is 9.65. The first-order valence-electron chi connectivity index (χ1n) is 5.95. The van der Waals surface area contributed by atoms with Crippen molar-refractivity contribution in [2.75, 3.05) is 26.2 Å². The van der Waals surface area contributed by atoms with Crippen LogP contribution in [0.5, 0.6) is 0 Å². The Kier molecular flexibility index (Phi) is 4.39. The van der Waals surface area contributed by atoms with E-state index in [4.69, 9.17) is 14.9 Å². The summed E-state index contributed by atoms with van der Waals surface area (Å²) in [5.41, 5.74) is 6.62. The van der Waals surface area contributed by atoms with E-state index < -0.39 is 0 Å². The average molecular weight is 224 g/mol. The summed E-state index contributed by atoms with van der Waals surface area (Å²) in [6.45, 7) is 5.29. The van der Waals surface area contributed by atoms with Gasteiger partial charge >= 0.3 is 0 Å². The lowest BCUT2D eigenvalue weighted by atomic mass is 10.2. The van der Waals surface area contributed by atoms with Crippen LogP contribution in [-0.4, -0.2) is 31.1 Å². The monoisotopic (exact) mass is 224 g/mol. The van der Waals surface area contributed by atoms with Crippen LogP contribution < -0.4 is 5.73 Å². The maximum Gasteiger partial charge on any atom is 0.133 e.